The van der Waals surface area contributed by atoms with E-state index in [1.807, 2.05) is 0 Å². The largest absolute Gasteiger partial charge is 0.384 e. The van der Waals surface area contributed by atoms with Crippen molar-refractivity contribution in [1.29, 1.82) is 0 Å². The number of ether oxygens (including phenoxy) is 1. The first-order valence-electron chi connectivity index (χ1n) is 6.69. The van der Waals surface area contributed by atoms with Crippen LogP contribution in [-0.2, 0) is 11.2 Å². The van der Waals surface area contributed by atoms with Gasteiger partial charge in [0, 0.05) is 23.7 Å². The van der Waals surface area contributed by atoms with Crippen molar-refractivity contribution in [2.45, 2.75) is 13.3 Å². The SMILES string of the molecule is COCCc1cccc(-c2c(C)sc3cnc(Cl)nc23)c1. The molecule has 0 amide bonds. The van der Waals surface area contributed by atoms with Crippen LogP contribution in [0.4, 0.5) is 0 Å². The Balaban J connectivity index is 2.11. The summed E-state index contributed by atoms with van der Waals surface area (Å²) in [6.45, 7) is 2.83. The lowest BCUT2D eigenvalue weighted by Gasteiger charge is -2.06. The number of aryl methyl sites for hydroxylation is 1. The van der Waals surface area contributed by atoms with Crippen LogP contribution in [0.15, 0.2) is 30.5 Å². The summed E-state index contributed by atoms with van der Waals surface area (Å²) in [4.78, 5) is 9.69. The molecule has 21 heavy (non-hydrogen) atoms. The quantitative estimate of drug-likeness (QED) is 0.664. The van der Waals surface area contributed by atoms with Crippen molar-refractivity contribution < 1.29 is 4.74 Å². The highest BCUT2D eigenvalue weighted by atomic mass is 35.5. The number of benzene rings is 1. The summed E-state index contributed by atoms with van der Waals surface area (Å²) in [5, 5.41) is 0.289. The summed E-state index contributed by atoms with van der Waals surface area (Å²) >= 11 is 7.65. The average Bonchev–Trinajstić information content (AvgIpc) is 2.80. The van der Waals surface area contributed by atoms with Crippen LogP contribution in [0, 0.1) is 6.92 Å². The van der Waals surface area contributed by atoms with Crippen LogP contribution < -0.4 is 0 Å². The van der Waals surface area contributed by atoms with E-state index in [-0.39, 0.29) is 5.28 Å². The molecule has 3 nitrogen and oxygen atoms in total. The molecule has 108 valence electrons. The van der Waals surface area contributed by atoms with Crippen molar-refractivity contribution in [3.8, 4) is 11.1 Å². The van der Waals surface area contributed by atoms with E-state index >= 15 is 0 Å². The van der Waals surface area contributed by atoms with Crippen LogP contribution >= 0.6 is 22.9 Å². The second kappa shape index (κ2) is 6.10. The third-order valence-electron chi connectivity index (χ3n) is 3.39. The van der Waals surface area contributed by atoms with E-state index in [1.165, 1.54) is 16.0 Å². The van der Waals surface area contributed by atoms with Gasteiger partial charge in [0.1, 0.15) is 0 Å². The molecule has 2 heterocycles. The lowest BCUT2D eigenvalue weighted by atomic mass is 10.0. The van der Waals surface area contributed by atoms with Gasteiger partial charge in [0.05, 0.1) is 16.8 Å². The Morgan fingerprint density at radius 1 is 1.33 bits per heavy atom. The maximum atomic E-state index is 5.95. The van der Waals surface area contributed by atoms with E-state index in [4.69, 9.17) is 16.3 Å². The minimum absolute atomic E-state index is 0.289. The number of nitrogens with zero attached hydrogens (tertiary/aromatic N) is 2. The molecule has 0 saturated heterocycles. The number of halogens is 1. The highest BCUT2D eigenvalue weighted by Crippen LogP contribution is 2.37. The molecule has 0 aliphatic rings. The first-order chi connectivity index (χ1) is 10.2. The van der Waals surface area contributed by atoms with Gasteiger partial charge in [-0.25, -0.2) is 9.97 Å². The molecule has 3 rings (SSSR count). The van der Waals surface area contributed by atoms with E-state index in [2.05, 4.69) is 41.2 Å². The molecule has 0 aliphatic heterocycles. The Morgan fingerprint density at radius 3 is 3.00 bits per heavy atom. The molecule has 3 aromatic rings. The predicted octanol–water partition coefficient (Wildman–Crippen LogP) is 4.51. The predicted molar refractivity (Wildman–Crippen MR) is 88.2 cm³/mol. The molecule has 0 N–H and O–H groups in total. The van der Waals surface area contributed by atoms with Gasteiger partial charge in [-0.2, -0.15) is 0 Å². The smallest absolute Gasteiger partial charge is 0.222 e. The van der Waals surface area contributed by atoms with Crippen molar-refractivity contribution in [3.63, 3.8) is 0 Å². The Kier molecular flexibility index (Phi) is 4.19. The van der Waals surface area contributed by atoms with Crippen molar-refractivity contribution in [2.75, 3.05) is 13.7 Å². The molecule has 2 aromatic heterocycles. The maximum absolute atomic E-state index is 5.95. The topological polar surface area (TPSA) is 35.0 Å². The highest BCUT2D eigenvalue weighted by molar-refractivity contribution is 7.19. The number of hydrogen-bond acceptors (Lipinski definition) is 4. The molecule has 0 radical (unpaired) electrons. The third-order valence-corrected chi connectivity index (χ3v) is 4.60. The van der Waals surface area contributed by atoms with Gasteiger partial charge in [-0.1, -0.05) is 24.3 Å². The van der Waals surface area contributed by atoms with Crippen LogP contribution in [-0.4, -0.2) is 23.7 Å². The van der Waals surface area contributed by atoms with E-state index < -0.39 is 0 Å². The molecule has 0 spiro atoms. The van der Waals surface area contributed by atoms with Gasteiger partial charge in [0.15, 0.2) is 0 Å². The zero-order valence-corrected chi connectivity index (χ0v) is 13.5. The van der Waals surface area contributed by atoms with Crippen LogP contribution in [0.25, 0.3) is 21.3 Å². The van der Waals surface area contributed by atoms with E-state index in [0.29, 0.717) is 0 Å². The van der Waals surface area contributed by atoms with Crippen molar-refractivity contribution in [2.24, 2.45) is 0 Å². The van der Waals surface area contributed by atoms with Crippen LogP contribution in [0.3, 0.4) is 0 Å². The molecule has 0 aliphatic carbocycles. The molecule has 0 bridgehead atoms. The first kappa shape index (κ1) is 14.4. The summed E-state index contributed by atoms with van der Waals surface area (Å²) in [5.74, 6) is 0. The van der Waals surface area contributed by atoms with Gasteiger partial charge in [-0.3, -0.25) is 0 Å². The number of rotatable bonds is 4. The molecule has 0 fully saturated rings. The summed E-state index contributed by atoms with van der Waals surface area (Å²) in [6.07, 6.45) is 2.70. The van der Waals surface area contributed by atoms with Crippen LogP contribution in [0.2, 0.25) is 5.28 Å². The van der Waals surface area contributed by atoms with Gasteiger partial charge in [-0.05, 0) is 36.1 Å². The minimum Gasteiger partial charge on any atom is -0.384 e. The third kappa shape index (κ3) is 2.93. The summed E-state index contributed by atoms with van der Waals surface area (Å²) in [6, 6.07) is 8.50. The van der Waals surface area contributed by atoms with Gasteiger partial charge in [-0.15, -0.1) is 11.3 Å². The standard InChI is InChI=1S/C16H15ClN2OS/c1-10-14(15-13(21-10)9-18-16(17)19-15)12-5-3-4-11(8-12)6-7-20-2/h3-5,8-9H,6-7H2,1-2H3. The molecule has 5 heteroatoms. The zero-order valence-electron chi connectivity index (χ0n) is 11.9. The van der Waals surface area contributed by atoms with Gasteiger partial charge >= 0.3 is 0 Å². The van der Waals surface area contributed by atoms with Crippen molar-refractivity contribution in [1.82, 2.24) is 9.97 Å². The Bertz CT molecular complexity index is 785. The molecular formula is C16H15ClN2OS. The van der Waals surface area contributed by atoms with Crippen molar-refractivity contribution >= 4 is 33.2 Å². The summed E-state index contributed by atoms with van der Waals surface area (Å²) in [5.41, 5.74) is 4.51. The fourth-order valence-electron chi connectivity index (χ4n) is 2.43. The highest BCUT2D eigenvalue weighted by Gasteiger charge is 2.13. The average molecular weight is 319 g/mol. The lowest BCUT2D eigenvalue weighted by Crippen LogP contribution is -1.94. The van der Waals surface area contributed by atoms with Gasteiger partial charge in [0.25, 0.3) is 0 Å². The monoisotopic (exact) mass is 318 g/mol. The van der Waals surface area contributed by atoms with Crippen molar-refractivity contribution in [3.05, 3.63) is 46.2 Å². The van der Waals surface area contributed by atoms with E-state index in [9.17, 15) is 0 Å². The molecular weight excluding hydrogens is 304 g/mol. The zero-order chi connectivity index (χ0) is 14.8. The fraction of sp³-hybridized carbons (Fsp3) is 0.250. The molecule has 0 atom stereocenters. The Labute approximate surface area is 132 Å². The Hall–Kier alpha value is -1.49. The van der Waals surface area contributed by atoms with Crippen LogP contribution in [0.1, 0.15) is 10.4 Å². The van der Waals surface area contributed by atoms with E-state index in [0.717, 1.165) is 28.8 Å². The van der Waals surface area contributed by atoms with Gasteiger partial charge < -0.3 is 4.74 Å². The second-order valence-electron chi connectivity index (χ2n) is 4.83. The van der Waals surface area contributed by atoms with Crippen LogP contribution in [0.5, 0.6) is 0 Å². The maximum Gasteiger partial charge on any atom is 0.222 e. The molecule has 1 aromatic carbocycles. The molecule has 0 unspecified atom stereocenters. The lowest BCUT2D eigenvalue weighted by molar-refractivity contribution is 0.202. The normalized spacial score (nSPS) is 11.2. The summed E-state index contributed by atoms with van der Waals surface area (Å²) < 4.78 is 6.21. The summed E-state index contributed by atoms with van der Waals surface area (Å²) in [7, 11) is 1.72. The number of aromatic nitrogens is 2. The Morgan fingerprint density at radius 2 is 2.19 bits per heavy atom. The molecule has 0 saturated carbocycles. The van der Waals surface area contributed by atoms with Gasteiger partial charge in [0.2, 0.25) is 5.28 Å². The fourth-order valence-corrected chi connectivity index (χ4v) is 3.56. The number of hydrogen-bond donors (Lipinski definition) is 0. The number of thiophene rings is 1. The minimum atomic E-state index is 0.289. The second-order valence-corrected chi connectivity index (χ2v) is 6.42. The number of methoxy groups -OCH3 is 1. The number of fused-ring (bicyclic) bond motifs is 1. The first-order valence-corrected chi connectivity index (χ1v) is 7.88. The van der Waals surface area contributed by atoms with E-state index in [1.54, 1.807) is 24.6 Å².